The third-order valence-electron chi connectivity index (χ3n) is 4.36. The van der Waals surface area contributed by atoms with Crippen molar-refractivity contribution in [3.63, 3.8) is 0 Å². The number of piperidine rings is 1. The van der Waals surface area contributed by atoms with Crippen LogP contribution in [-0.2, 0) is 6.54 Å². The number of aryl methyl sites for hydroxylation is 1. The Morgan fingerprint density at radius 3 is 2.73 bits per heavy atom. The molecule has 1 aromatic heterocycles. The number of aromatic nitrogens is 2. The zero-order chi connectivity index (χ0) is 18.4. The fraction of sp³-hybridized carbons (Fsp3) is 0.421. The maximum atomic E-state index is 12.2. The van der Waals surface area contributed by atoms with E-state index in [4.69, 9.17) is 4.74 Å². The van der Waals surface area contributed by atoms with Crippen LogP contribution in [0.2, 0.25) is 0 Å². The fourth-order valence-corrected chi connectivity index (χ4v) is 2.80. The first-order chi connectivity index (χ1) is 12.6. The minimum Gasteiger partial charge on any atom is -0.488 e. The molecule has 0 bridgehead atoms. The summed E-state index contributed by atoms with van der Waals surface area (Å²) in [6.07, 6.45) is 5.50. The van der Waals surface area contributed by atoms with E-state index in [2.05, 4.69) is 32.5 Å². The lowest BCUT2D eigenvalue weighted by atomic mass is 10.1. The Morgan fingerprint density at radius 1 is 1.23 bits per heavy atom. The second-order valence-corrected chi connectivity index (χ2v) is 6.57. The van der Waals surface area contributed by atoms with Gasteiger partial charge >= 0.3 is 6.03 Å². The highest BCUT2D eigenvalue weighted by molar-refractivity contribution is 5.90. The van der Waals surface area contributed by atoms with Crippen LogP contribution in [0.15, 0.2) is 36.7 Å². The van der Waals surface area contributed by atoms with E-state index in [9.17, 15) is 4.79 Å². The van der Waals surface area contributed by atoms with E-state index in [0.29, 0.717) is 23.7 Å². The largest absolute Gasteiger partial charge is 0.488 e. The summed E-state index contributed by atoms with van der Waals surface area (Å²) >= 11 is 0. The Morgan fingerprint density at radius 2 is 2.00 bits per heavy atom. The van der Waals surface area contributed by atoms with Crippen LogP contribution in [0.25, 0.3) is 0 Å². The minimum atomic E-state index is -0.299. The molecule has 1 aromatic carbocycles. The number of hydrogen-bond donors (Lipinski definition) is 2. The monoisotopic (exact) mass is 355 g/mol. The predicted molar refractivity (Wildman–Crippen MR) is 100 cm³/mol. The number of nitrogens with one attached hydrogen (secondary N) is 2. The zero-order valence-corrected chi connectivity index (χ0v) is 15.2. The standard InChI is InChI=1S/C19H25N5O2/c1-14-11-21-15(12-20-14)13-22-19(25)23-17-5-3-4-6-18(17)26-16-7-9-24(2)10-8-16/h3-6,11-12,16H,7-10,13H2,1-2H3,(H2,22,23,25). The number of urea groups is 1. The molecule has 0 radical (unpaired) electrons. The van der Waals surface area contributed by atoms with Gasteiger partial charge in [0.1, 0.15) is 11.9 Å². The third kappa shape index (κ3) is 5.16. The molecule has 1 fully saturated rings. The molecule has 1 saturated heterocycles. The van der Waals surface area contributed by atoms with E-state index < -0.39 is 0 Å². The molecule has 0 unspecified atom stereocenters. The number of carbonyl (C=O) groups excluding carboxylic acids is 1. The predicted octanol–water partition coefficient (Wildman–Crippen LogP) is 2.58. The number of rotatable bonds is 5. The Balaban J connectivity index is 1.55. The van der Waals surface area contributed by atoms with Gasteiger partial charge in [0, 0.05) is 19.3 Å². The average molecular weight is 355 g/mol. The number of hydrogen-bond acceptors (Lipinski definition) is 5. The van der Waals surface area contributed by atoms with Crippen LogP contribution >= 0.6 is 0 Å². The maximum Gasteiger partial charge on any atom is 0.319 e. The molecule has 26 heavy (non-hydrogen) atoms. The Kier molecular flexibility index (Phi) is 6.01. The van der Waals surface area contributed by atoms with E-state index in [1.165, 1.54) is 0 Å². The summed E-state index contributed by atoms with van der Waals surface area (Å²) in [6, 6.07) is 7.22. The van der Waals surface area contributed by atoms with Crippen molar-refractivity contribution in [1.29, 1.82) is 0 Å². The fourth-order valence-electron chi connectivity index (χ4n) is 2.80. The van der Waals surface area contributed by atoms with Crippen LogP contribution < -0.4 is 15.4 Å². The molecule has 2 aromatic rings. The van der Waals surface area contributed by atoms with Crippen LogP contribution in [-0.4, -0.2) is 47.1 Å². The first-order valence-corrected chi connectivity index (χ1v) is 8.87. The molecular weight excluding hydrogens is 330 g/mol. The van der Waals surface area contributed by atoms with Crippen molar-refractivity contribution in [2.75, 3.05) is 25.5 Å². The van der Waals surface area contributed by atoms with E-state index in [0.717, 1.165) is 31.6 Å². The summed E-state index contributed by atoms with van der Waals surface area (Å²) in [5.74, 6) is 0.701. The number of ether oxygens (including phenoxy) is 1. The van der Waals surface area contributed by atoms with Crippen molar-refractivity contribution >= 4 is 11.7 Å². The van der Waals surface area contributed by atoms with Gasteiger partial charge in [-0.2, -0.15) is 0 Å². The van der Waals surface area contributed by atoms with Gasteiger partial charge in [0.25, 0.3) is 0 Å². The molecule has 0 spiro atoms. The summed E-state index contributed by atoms with van der Waals surface area (Å²) < 4.78 is 6.12. The highest BCUT2D eigenvalue weighted by atomic mass is 16.5. The van der Waals surface area contributed by atoms with E-state index in [-0.39, 0.29) is 12.1 Å². The van der Waals surface area contributed by atoms with Crippen molar-refractivity contribution in [3.05, 3.63) is 48.0 Å². The molecule has 7 heteroatoms. The van der Waals surface area contributed by atoms with Gasteiger partial charge in [0.2, 0.25) is 0 Å². The molecular formula is C19H25N5O2. The average Bonchev–Trinajstić information content (AvgIpc) is 2.65. The van der Waals surface area contributed by atoms with Crippen molar-refractivity contribution in [2.24, 2.45) is 0 Å². The van der Waals surface area contributed by atoms with Gasteiger partial charge in [-0.1, -0.05) is 12.1 Å². The number of nitrogens with zero attached hydrogens (tertiary/aromatic N) is 3. The Bertz CT molecular complexity index is 727. The molecule has 138 valence electrons. The molecule has 7 nitrogen and oxygen atoms in total. The molecule has 2 heterocycles. The number of para-hydroxylation sites is 2. The van der Waals surface area contributed by atoms with Crippen LogP contribution in [0.4, 0.5) is 10.5 Å². The van der Waals surface area contributed by atoms with Crippen LogP contribution in [0.1, 0.15) is 24.2 Å². The minimum absolute atomic E-state index is 0.181. The highest BCUT2D eigenvalue weighted by Crippen LogP contribution is 2.27. The summed E-state index contributed by atoms with van der Waals surface area (Å²) in [5, 5.41) is 5.65. The summed E-state index contributed by atoms with van der Waals surface area (Å²) in [7, 11) is 2.12. The highest BCUT2D eigenvalue weighted by Gasteiger charge is 2.19. The van der Waals surface area contributed by atoms with Gasteiger partial charge in [-0.25, -0.2) is 4.79 Å². The summed E-state index contributed by atoms with van der Waals surface area (Å²) in [6.45, 7) is 4.24. The lowest BCUT2D eigenvalue weighted by Crippen LogP contribution is -2.36. The van der Waals surface area contributed by atoms with Crippen molar-refractivity contribution in [2.45, 2.75) is 32.4 Å². The molecule has 1 aliphatic rings. The summed E-state index contributed by atoms with van der Waals surface area (Å²) in [4.78, 5) is 22.9. The van der Waals surface area contributed by atoms with Gasteiger partial charge in [0.05, 0.1) is 29.8 Å². The van der Waals surface area contributed by atoms with Crippen LogP contribution in [0.5, 0.6) is 5.75 Å². The van der Waals surface area contributed by atoms with Crippen LogP contribution in [0, 0.1) is 6.92 Å². The SMILES string of the molecule is Cc1cnc(CNC(=O)Nc2ccccc2OC2CCN(C)CC2)cn1. The number of carbonyl (C=O) groups is 1. The molecule has 2 N–H and O–H groups in total. The summed E-state index contributed by atoms with van der Waals surface area (Å²) in [5.41, 5.74) is 2.22. The van der Waals surface area contributed by atoms with Gasteiger partial charge in [-0.15, -0.1) is 0 Å². The van der Waals surface area contributed by atoms with Gasteiger partial charge in [-0.05, 0) is 38.9 Å². The quantitative estimate of drug-likeness (QED) is 0.862. The van der Waals surface area contributed by atoms with Crippen molar-refractivity contribution < 1.29 is 9.53 Å². The topological polar surface area (TPSA) is 79.4 Å². The van der Waals surface area contributed by atoms with Crippen molar-refractivity contribution in [1.82, 2.24) is 20.2 Å². The zero-order valence-electron chi connectivity index (χ0n) is 15.2. The Hall–Kier alpha value is -2.67. The third-order valence-corrected chi connectivity index (χ3v) is 4.36. The first-order valence-electron chi connectivity index (χ1n) is 8.87. The lowest BCUT2D eigenvalue weighted by molar-refractivity contribution is 0.115. The molecule has 0 atom stereocenters. The number of amides is 2. The van der Waals surface area contributed by atoms with Gasteiger partial charge < -0.3 is 20.3 Å². The van der Waals surface area contributed by atoms with Gasteiger partial charge in [-0.3, -0.25) is 9.97 Å². The molecule has 2 amide bonds. The smallest absolute Gasteiger partial charge is 0.319 e. The molecule has 0 saturated carbocycles. The second-order valence-electron chi connectivity index (χ2n) is 6.57. The first kappa shape index (κ1) is 18.1. The molecule has 1 aliphatic heterocycles. The van der Waals surface area contributed by atoms with E-state index in [1.807, 2.05) is 31.2 Å². The van der Waals surface area contributed by atoms with E-state index >= 15 is 0 Å². The van der Waals surface area contributed by atoms with Crippen molar-refractivity contribution in [3.8, 4) is 5.75 Å². The number of benzene rings is 1. The number of anilines is 1. The normalized spacial score (nSPS) is 15.5. The van der Waals surface area contributed by atoms with Crippen LogP contribution in [0.3, 0.4) is 0 Å². The lowest BCUT2D eigenvalue weighted by Gasteiger charge is -2.29. The maximum absolute atomic E-state index is 12.2. The number of likely N-dealkylation sites (tertiary alicyclic amines) is 1. The second kappa shape index (κ2) is 8.62. The molecule has 0 aliphatic carbocycles. The van der Waals surface area contributed by atoms with E-state index in [1.54, 1.807) is 12.4 Å². The van der Waals surface area contributed by atoms with Gasteiger partial charge in [0.15, 0.2) is 0 Å². The Labute approximate surface area is 153 Å². The molecule has 3 rings (SSSR count).